The number of imidazole rings is 1. The topological polar surface area (TPSA) is 64.0 Å². The Morgan fingerprint density at radius 3 is 2.44 bits per heavy atom. The molecular weight excluding hydrogens is 385 g/mol. The Hall–Kier alpha value is -2.89. The second-order valence-corrected chi connectivity index (χ2v) is 6.58. The van der Waals surface area contributed by atoms with Crippen molar-refractivity contribution in [3.8, 4) is 0 Å². The molecule has 136 valence electrons. The molecule has 0 aliphatic rings. The lowest BCUT2D eigenvalue weighted by Crippen LogP contribution is -2.10. The van der Waals surface area contributed by atoms with Gasteiger partial charge >= 0.3 is 0 Å². The fourth-order valence-electron chi connectivity index (χ4n) is 2.39. The summed E-state index contributed by atoms with van der Waals surface area (Å²) in [5, 5.41) is 3.61. The maximum absolute atomic E-state index is 12.4. The molecule has 3 aromatic rings. The van der Waals surface area contributed by atoms with Crippen LogP contribution in [0.4, 0.5) is 5.69 Å². The van der Waals surface area contributed by atoms with E-state index in [0.717, 1.165) is 5.56 Å². The summed E-state index contributed by atoms with van der Waals surface area (Å²) in [6.07, 6.45) is 6.31. The largest absolute Gasteiger partial charge is 0.331 e. The highest BCUT2D eigenvalue weighted by Gasteiger charge is 2.13. The first-order chi connectivity index (χ1) is 12.9. The van der Waals surface area contributed by atoms with E-state index in [1.807, 2.05) is 0 Å². The van der Waals surface area contributed by atoms with Crippen molar-refractivity contribution in [1.29, 1.82) is 0 Å². The van der Waals surface area contributed by atoms with Gasteiger partial charge in [-0.25, -0.2) is 4.98 Å². The van der Waals surface area contributed by atoms with Crippen LogP contribution < -0.4 is 5.32 Å². The van der Waals surface area contributed by atoms with E-state index >= 15 is 0 Å². The summed E-state index contributed by atoms with van der Waals surface area (Å²) in [6.45, 7) is 0. The highest BCUT2D eigenvalue weighted by molar-refractivity contribution is 6.42. The van der Waals surface area contributed by atoms with Crippen molar-refractivity contribution < 1.29 is 9.59 Å². The summed E-state index contributed by atoms with van der Waals surface area (Å²) < 4.78 is 1.66. The second kappa shape index (κ2) is 8.20. The molecule has 0 aliphatic heterocycles. The maximum Gasteiger partial charge on any atom is 0.248 e. The zero-order chi connectivity index (χ0) is 19.4. The van der Waals surface area contributed by atoms with Crippen LogP contribution in [-0.2, 0) is 11.8 Å². The van der Waals surface area contributed by atoms with Gasteiger partial charge < -0.3 is 9.88 Å². The number of benzene rings is 2. The number of nitrogens with one attached hydrogen (secondary N) is 1. The van der Waals surface area contributed by atoms with E-state index in [0.29, 0.717) is 27.1 Å². The minimum Gasteiger partial charge on any atom is -0.331 e. The van der Waals surface area contributed by atoms with Gasteiger partial charge in [-0.2, -0.15) is 0 Å². The Kier molecular flexibility index (Phi) is 5.74. The van der Waals surface area contributed by atoms with E-state index in [4.69, 9.17) is 23.2 Å². The third kappa shape index (κ3) is 4.64. The first-order valence-electron chi connectivity index (χ1n) is 8.00. The highest BCUT2D eigenvalue weighted by atomic mass is 35.5. The predicted molar refractivity (Wildman–Crippen MR) is 107 cm³/mol. The number of hydrogen-bond acceptors (Lipinski definition) is 3. The fourth-order valence-corrected chi connectivity index (χ4v) is 2.70. The molecule has 1 amide bonds. The van der Waals surface area contributed by atoms with Gasteiger partial charge in [-0.05, 0) is 48.0 Å². The Morgan fingerprint density at radius 1 is 1.07 bits per heavy atom. The van der Waals surface area contributed by atoms with Gasteiger partial charge in [0.05, 0.1) is 10.0 Å². The van der Waals surface area contributed by atoms with E-state index in [-0.39, 0.29) is 11.7 Å². The van der Waals surface area contributed by atoms with Crippen molar-refractivity contribution in [2.24, 2.45) is 7.05 Å². The van der Waals surface area contributed by atoms with Gasteiger partial charge in [0.15, 0.2) is 5.82 Å². The molecule has 0 saturated heterocycles. The maximum atomic E-state index is 12.4. The number of halogens is 2. The molecule has 1 N–H and O–H groups in total. The van der Waals surface area contributed by atoms with E-state index < -0.39 is 0 Å². The Bertz CT molecular complexity index is 1020. The summed E-state index contributed by atoms with van der Waals surface area (Å²) in [4.78, 5) is 28.5. The second-order valence-electron chi connectivity index (χ2n) is 5.76. The zero-order valence-electron chi connectivity index (χ0n) is 14.3. The van der Waals surface area contributed by atoms with Crippen LogP contribution in [0, 0.1) is 0 Å². The van der Waals surface area contributed by atoms with Crippen LogP contribution in [0.25, 0.3) is 6.08 Å². The third-order valence-electron chi connectivity index (χ3n) is 3.81. The molecule has 1 aromatic heterocycles. The van der Waals surface area contributed by atoms with Crippen molar-refractivity contribution in [2.75, 3.05) is 5.32 Å². The number of ketones is 1. The van der Waals surface area contributed by atoms with Crippen LogP contribution >= 0.6 is 23.2 Å². The lowest BCUT2D eigenvalue weighted by atomic mass is 10.1. The van der Waals surface area contributed by atoms with Crippen LogP contribution in [0.2, 0.25) is 10.0 Å². The average Bonchev–Trinajstić information content (AvgIpc) is 3.09. The van der Waals surface area contributed by atoms with Gasteiger partial charge in [0.25, 0.3) is 0 Å². The average molecular weight is 400 g/mol. The van der Waals surface area contributed by atoms with Crippen molar-refractivity contribution in [1.82, 2.24) is 9.55 Å². The smallest absolute Gasteiger partial charge is 0.248 e. The van der Waals surface area contributed by atoms with Crippen molar-refractivity contribution >= 4 is 46.7 Å². The summed E-state index contributed by atoms with van der Waals surface area (Å²) in [6, 6.07) is 11.7. The number of amides is 1. The van der Waals surface area contributed by atoms with Crippen molar-refractivity contribution in [2.45, 2.75) is 0 Å². The molecule has 0 spiro atoms. The molecule has 5 nitrogen and oxygen atoms in total. The SMILES string of the molecule is Cn1ccnc1C(=O)c1ccc(NC(=O)/C=C/c2ccc(Cl)c(Cl)c2)cc1. The number of carbonyl (C=O) groups excluding carboxylic acids is 2. The molecule has 0 fully saturated rings. The molecule has 0 atom stereocenters. The van der Waals surface area contributed by atoms with Gasteiger partial charge in [-0.3, -0.25) is 9.59 Å². The summed E-state index contributed by atoms with van der Waals surface area (Å²) >= 11 is 11.8. The molecule has 27 heavy (non-hydrogen) atoms. The molecule has 2 aromatic carbocycles. The number of rotatable bonds is 5. The van der Waals surface area contributed by atoms with Crippen molar-refractivity contribution in [3.63, 3.8) is 0 Å². The predicted octanol–water partition coefficient (Wildman–Crippen LogP) is 4.61. The number of anilines is 1. The van der Waals surface area contributed by atoms with Gasteiger partial charge in [-0.1, -0.05) is 29.3 Å². The normalized spacial score (nSPS) is 10.9. The highest BCUT2D eigenvalue weighted by Crippen LogP contribution is 2.23. The lowest BCUT2D eigenvalue weighted by Gasteiger charge is -2.05. The number of hydrogen-bond donors (Lipinski definition) is 1. The van der Waals surface area contributed by atoms with Gasteiger partial charge in [-0.15, -0.1) is 0 Å². The molecule has 0 unspecified atom stereocenters. The number of carbonyl (C=O) groups is 2. The lowest BCUT2D eigenvalue weighted by molar-refractivity contribution is -0.111. The number of aromatic nitrogens is 2. The van der Waals surface area contributed by atoms with Gasteiger partial charge in [0, 0.05) is 36.8 Å². The minimum atomic E-state index is -0.302. The third-order valence-corrected chi connectivity index (χ3v) is 4.55. The van der Waals surface area contributed by atoms with Crippen LogP contribution in [0.3, 0.4) is 0 Å². The molecular formula is C20H15Cl2N3O2. The van der Waals surface area contributed by atoms with E-state index in [2.05, 4.69) is 10.3 Å². The van der Waals surface area contributed by atoms with E-state index in [9.17, 15) is 9.59 Å². The van der Waals surface area contributed by atoms with E-state index in [1.54, 1.807) is 72.5 Å². The van der Waals surface area contributed by atoms with Crippen LogP contribution in [0.5, 0.6) is 0 Å². The molecule has 0 saturated carbocycles. The first-order valence-corrected chi connectivity index (χ1v) is 8.76. The van der Waals surface area contributed by atoms with Gasteiger partial charge in [0.2, 0.25) is 11.7 Å². The number of aryl methyl sites for hydroxylation is 1. The summed E-state index contributed by atoms with van der Waals surface area (Å²) in [5.74, 6) is -0.125. The van der Waals surface area contributed by atoms with Crippen LogP contribution in [0.1, 0.15) is 21.7 Å². The fraction of sp³-hybridized carbons (Fsp3) is 0.0500. The van der Waals surface area contributed by atoms with Gasteiger partial charge in [0.1, 0.15) is 0 Å². The minimum absolute atomic E-state index is 0.181. The standard InChI is InChI=1S/C20H15Cl2N3O2/c1-25-11-10-23-20(25)19(27)14-4-6-15(7-5-14)24-18(26)9-3-13-2-8-16(21)17(22)12-13/h2-12H,1H3,(H,24,26)/b9-3+. The number of nitrogens with zero attached hydrogens (tertiary/aromatic N) is 2. The Morgan fingerprint density at radius 2 is 1.81 bits per heavy atom. The molecule has 3 rings (SSSR count). The molecule has 0 aliphatic carbocycles. The monoisotopic (exact) mass is 399 g/mol. The Labute approximate surface area is 166 Å². The van der Waals surface area contributed by atoms with Crippen LogP contribution in [0.15, 0.2) is 60.9 Å². The quantitative estimate of drug-likeness (QED) is 0.503. The molecule has 1 heterocycles. The Balaban J connectivity index is 1.64. The molecule has 0 bridgehead atoms. The zero-order valence-corrected chi connectivity index (χ0v) is 15.8. The van der Waals surface area contributed by atoms with Crippen molar-refractivity contribution in [3.05, 3.63) is 87.9 Å². The van der Waals surface area contributed by atoms with E-state index in [1.165, 1.54) is 6.08 Å². The summed E-state index contributed by atoms with van der Waals surface area (Å²) in [5.41, 5.74) is 1.83. The first kappa shape index (κ1) is 18.9. The molecule has 7 heteroatoms. The summed E-state index contributed by atoms with van der Waals surface area (Å²) in [7, 11) is 1.76. The molecule has 0 radical (unpaired) electrons. The van der Waals surface area contributed by atoms with Crippen LogP contribution in [-0.4, -0.2) is 21.2 Å².